The van der Waals surface area contributed by atoms with Crippen molar-refractivity contribution in [2.75, 3.05) is 13.1 Å². The molecule has 4 nitrogen and oxygen atoms in total. The number of hydrogen-bond donors (Lipinski definition) is 1. The fourth-order valence-corrected chi connectivity index (χ4v) is 5.30. The van der Waals surface area contributed by atoms with Crippen LogP contribution in [0.2, 0.25) is 0 Å². The van der Waals surface area contributed by atoms with Crippen LogP contribution >= 0.6 is 0 Å². The highest BCUT2D eigenvalue weighted by atomic mass is 32.2. The molecule has 1 aliphatic rings. The van der Waals surface area contributed by atoms with E-state index in [1.807, 2.05) is 59.5 Å². The summed E-state index contributed by atoms with van der Waals surface area (Å²) in [4.78, 5) is 1.06. The number of alkyl halides is 3. The van der Waals surface area contributed by atoms with E-state index in [1.54, 1.807) is 0 Å². The number of halogens is 4. The van der Waals surface area contributed by atoms with Crippen molar-refractivity contribution in [2.45, 2.75) is 30.1 Å². The fraction of sp³-hybridized carbons (Fsp3) is 0.250. The third-order valence-corrected chi connectivity index (χ3v) is 7.14. The van der Waals surface area contributed by atoms with Gasteiger partial charge in [0.15, 0.2) is 0 Å². The topological polar surface area (TPSA) is 49.4 Å². The summed E-state index contributed by atoms with van der Waals surface area (Å²) in [5, 5.41) is 0. The quantitative estimate of drug-likeness (QED) is 0.504. The summed E-state index contributed by atoms with van der Waals surface area (Å²) in [6, 6.07) is 18.9. The lowest BCUT2D eigenvalue weighted by Gasteiger charge is -2.18. The maximum atomic E-state index is 14.0. The van der Waals surface area contributed by atoms with Crippen LogP contribution < -0.4 is 4.72 Å². The summed E-state index contributed by atoms with van der Waals surface area (Å²) in [6.07, 6.45) is -4.29. The first-order valence-corrected chi connectivity index (χ1v) is 11.9. The summed E-state index contributed by atoms with van der Waals surface area (Å²) in [5.41, 5.74) is 2.05. The SMILES string of the molecule is O=S(=O)(NC1CCN(Cc2ccc(-c3ccccc3)cc2)C1)c1cc(C(F)(F)F)ccc1F. The summed E-state index contributed by atoms with van der Waals surface area (Å²) in [6.45, 7) is 1.59. The number of nitrogens with one attached hydrogen (secondary N) is 1. The van der Waals surface area contributed by atoms with E-state index in [0.717, 1.165) is 16.7 Å². The summed E-state index contributed by atoms with van der Waals surface area (Å²) >= 11 is 0. The molecule has 0 amide bonds. The van der Waals surface area contributed by atoms with Crippen molar-refractivity contribution in [3.8, 4) is 11.1 Å². The van der Waals surface area contributed by atoms with Gasteiger partial charge in [-0.15, -0.1) is 0 Å². The van der Waals surface area contributed by atoms with Gasteiger partial charge in [-0.1, -0.05) is 54.6 Å². The highest BCUT2D eigenvalue weighted by molar-refractivity contribution is 7.89. The summed E-state index contributed by atoms with van der Waals surface area (Å²) in [5.74, 6) is -1.22. The van der Waals surface area contributed by atoms with Gasteiger partial charge in [0, 0.05) is 25.7 Å². The number of benzene rings is 3. The molecule has 174 valence electrons. The predicted molar refractivity (Wildman–Crippen MR) is 117 cm³/mol. The largest absolute Gasteiger partial charge is 0.416 e. The molecule has 0 radical (unpaired) electrons. The molecule has 3 aromatic rings. The Morgan fingerprint density at radius 2 is 1.61 bits per heavy atom. The van der Waals surface area contributed by atoms with Gasteiger partial charge < -0.3 is 0 Å². The third kappa shape index (κ3) is 5.61. The van der Waals surface area contributed by atoms with E-state index in [4.69, 9.17) is 0 Å². The number of sulfonamides is 1. The van der Waals surface area contributed by atoms with Gasteiger partial charge in [-0.3, -0.25) is 4.90 Å². The van der Waals surface area contributed by atoms with Gasteiger partial charge in [-0.05, 0) is 41.3 Å². The zero-order valence-electron chi connectivity index (χ0n) is 17.5. The van der Waals surface area contributed by atoms with Gasteiger partial charge >= 0.3 is 6.18 Å². The lowest BCUT2D eigenvalue weighted by atomic mass is 10.0. The number of rotatable bonds is 6. The van der Waals surface area contributed by atoms with E-state index in [9.17, 15) is 26.0 Å². The minimum Gasteiger partial charge on any atom is -0.297 e. The first-order valence-electron chi connectivity index (χ1n) is 10.4. The van der Waals surface area contributed by atoms with Crippen molar-refractivity contribution < 1.29 is 26.0 Å². The Kier molecular flexibility index (Phi) is 6.56. The second kappa shape index (κ2) is 9.24. The molecule has 1 heterocycles. The van der Waals surface area contributed by atoms with Crippen LogP contribution in [0.15, 0.2) is 77.7 Å². The van der Waals surface area contributed by atoms with Crippen LogP contribution in [0.3, 0.4) is 0 Å². The van der Waals surface area contributed by atoms with Gasteiger partial charge in [0.2, 0.25) is 10.0 Å². The van der Waals surface area contributed by atoms with Crippen molar-refractivity contribution in [1.82, 2.24) is 9.62 Å². The lowest BCUT2D eigenvalue weighted by molar-refractivity contribution is -0.137. The minimum atomic E-state index is -4.77. The third-order valence-electron chi connectivity index (χ3n) is 5.61. The highest BCUT2D eigenvalue weighted by Crippen LogP contribution is 2.31. The first kappa shape index (κ1) is 23.4. The average Bonchev–Trinajstić information content (AvgIpc) is 3.20. The van der Waals surface area contributed by atoms with E-state index in [2.05, 4.69) is 4.72 Å². The molecule has 1 atom stereocenters. The Bertz CT molecular complexity index is 1210. The maximum absolute atomic E-state index is 14.0. The number of likely N-dealkylation sites (tertiary alicyclic amines) is 1. The average molecular weight is 479 g/mol. The molecule has 1 saturated heterocycles. The maximum Gasteiger partial charge on any atom is 0.416 e. The predicted octanol–water partition coefficient (Wildman–Crippen LogP) is 5.06. The molecule has 33 heavy (non-hydrogen) atoms. The van der Waals surface area contributed by atoms with E-state index in [1.165, 1.54) is 0 Å². The minimum absolute atomic E-state index is 0.332. The fourth-order valence-electron chi connectivity index (χ4n) is 3.93. The monoisotopic (exact) mass is 478 g/mol. The standard InChI is InChI=1S/C24H22F4N2O2S/c25-22-11-10-20(24(26,27)28)14-23(22)33(31,32)29-21-12-13-30(16-21)15-17-6-8-19(9-7-17)18-4-2-1-3-5-18/h1-11,14,21,29H,12-13,15-16H2. The molecule has 0 aliphatic carbocycles. The van der Waals surface area contributed by atoms with E-state index in [-0.39, 0.29) is 0 Å². The molecule has 3 aromatic carbocycles. The summed E-state index contributed by atoms with van der Waals surface area (Å²) < 4.78 is 80.4. The van der Waals surface area contributed by atoms with Gasteiger partial charge in [0.05, 0.1) is 5.56 Å². The molecule has 1 fully saturated rings. The Morgan fingerprint density at radius 3 is 2.27 bits per heavy atom. The van der Waals surface area contributed by atoms with Crippen molar-refractivity contribution in [2.24, 2.45) is 0 Å². The second-order valence-corrected chi connectivity index (χ2v) is 9.73. The van der Waals surface area contributed by atoms with Crippen LogP contribution in [0.5, 0.6) is 0 Å². The zero-order chi connectivity index (χ0) is 23.6. The van der Waals surface area contributed by atoms with E-state index in [0.29, 0.717) is 44.3 Å². The molecule has 1 aliphatic heterocycles. The van der Waals surface area contributed by atoms with Gasteiger partial charge in [0.25, 0.3) is 0 Å². The van der Waals surface area contributed by atoms with Crippen molar-refractivity contribution in [3.63, 3.8) is 0 Å². The number of nitrogens with zero attached hydrogens (tertiary/aromatic N) is 1. The van der Waals surface area contributed by atoms with Crippen LogP contribution in [0.25, 0.3) is 11.1 Å². The highest BCUT2D eigenvalue weighted by Gasteiger charge is 2.34. The molecule has 1 N–H and O–H groups in total. The Morgan fingerprint density at radius 1 is 0.939 bits per heavy atom. The van der Waals surface area contributed by atoms with Crippen molar-refractivity contribution >= 4 is 10.0 Å². The normalized spacial score (nSPS) is 17.4. The Balaban J connectivity index is 1.39. The summed E-state index contributed by atoms with van der Waals surface area (Å²) in [7, 11) is -4.44. The molecule has 4 rings (SSSR count). The number of hydrogen-bond acceptors (Lipinski definition) is 3. The molecular formula is C24H22F4N2O2S. The van der Waals surface area contributed by atoms with Gasteiger partial charge in [-0.25, -0.2) is 17.5 Å². The second-order valence-electron chi connectivity index (χ2n) is 8.05. The molecule has 0 aromatic heterocycles. The van der Waals surface area contributed by atoms with Crippen molar-refractivity contribution in [1.29, 1.82) is 0 Å². The van der Waals surface area contributed by atoms with Crippen LogP contribution in [0.1, 0.15) is 17.5 Å². The van der Waals surface area contributed by atoms with Crippen LogP contribution in [0, 0.1) is 5.82 Å². The molecule has 0 saturated carbocycles. The van der Waals surface area contributed by atoms with Crippen LogP contribution in [0.4, 0.5) is 17.6 Å². The molecule has 1 unspecified atom stereocenters. The molecule has 9 heteroatoms. The zero-order valence-corrected chi connectivity index (χ0v) is 18.3. The molecule has 0 bridgehead atoms. The molecule has 0 spiro atoms. The first-order chi connectivity index (χ1) is 15.6. The van der Waals surface area contributed by atoms with Gasteiger partial charge in [0.1, 0.15) is 10.7 Å². The Hall–Kier alpha value is -2.75. The van der Waals surface area contributed by atoms with Crippen LogP contribution in [-0.2, 0) is 22.7 Å². The Labute approximate surface area is 189 Å². The lowest BCUT2D eigenvalue weighted by Crippen LogP contribution is -2.37. The smallest absolute Gasteiger partial charge is 0.297 e. The van der Waals surface area contributed by atoms with Crippen molar-refractivity contribution in [3.05, 3.63) is 89.7 Å². The van der Waals surface area contributed by atoms with E-state index < -0.39 is 38.5 Å². The van der Waals surface area contributed by atoms with Crippen LogP contribution in [-0.4, -0.2) is 32.4 Å². The van der Waals surface area contributed by atoms with Gasteiger partial charge in [-0.2, -0.15) is 13.2 Å². The molecular weight excluding hydrogens is 456 g/mol. The van der Waals surface area contributed by atoms with E-state index >= 15 is 0 Å².